The number of nitrogens with zero attached hydrogens (tertiary/aromatic N) is 2. The smallest absolute Gasteiger partial charge is 0.321 e. The van der Waals surface area contributed by atoms with Crippen molar-refractivity contribution in [2.75, 3.05) is 25.6 Å². The number of pyridine rings is 1. The van der Waals surface area contributed by atoms with Gasteiger partial charge in [-0.25, -0.2) is 4.79 Å². The summed E-state index contributed by atoms with van der Waals surface area (Å²) < 4.78 is 7.15. The summed E-state index contributed by atoms with van der Waals surface area (Å²) in [6.07, 6.45) is 0.489. The van der Waals surface area contributed by atoms with E-state index in [-0.39, 0.29) is 22.9 Å². The number of hydrogen-bond acceptors (Lipinski definition) is 4. The first kappa shape index (κ1) is 28.6. The first-order valence-corrected chi connectivity index (χ1v) is 14.5. The average molecular weight is 587 g/mol. The molecule has 1 atom stereocenters. The van der Waals surface area contributed by atoms with Crippen LogP contribution in [-0.2, 0) is 13.5 Å². The Hall–Kier alpha value is -5.50. The van der Waals surface area contributed by atoms with Crippen LogP contribution in [-0.4, -0.2) is 41.4 Å². The predicted molar refractivity (Wildman–Crippen MR) is 175 cm³/mol. The lowest BCUT2D eigenvalue weighted by Crippen LogP contribution is -2.38. The Kier molecular flexibility index (Phi) is 7.81. The van der Waals surface area contributed by atoms with Crippen molar-refractivity contribution >= 4 is 33.5 Å². The van der Waals surface area contributed by atoms with Gasteiger partial charge in [-0.15, -0.1) is 0 Å². The van der Waals surface area contributed by atoms with Gasteiger partial charge >= 0.3 is 6.03 Å². The number of nitrogens with one attached hydrogen (secondary N) is 2. The highest BCUT2D eigenvalue weighted by atomic mass is 16.5. The van der Waals surface area contributed by atoms with Crippen molar-refractivity contribution in [3.8, 4) is 11.5 Å². The van der Waals surface area contributed by atoms with Gasteiger partial charge in [0.15, 0.2) is 0 Å². The number of carbonyl (C=O) groups is 1. The van der Waals surface area contributed by atoms with Crippen molar-refractivity contribution in [1.82, 2.24) is 14.9 Å². The minimum Gasteiger partial charge on any atom is -0.507 e. The number of anilines is 1. The normalized spacial score (nSPS) is 11.9. The van der Waals surface area contributed by atoms with Crippen LogP contribution in [0.5, 0.6) is 11.5 Å². The third-order valence-electron chi connectivity index (χ3n) is 8.26. The van der Waals surface area contributed by atoms with Crippen LogP contribution in [0.2, 0.25) is 0 Å². The summed E-state index contributed by atoms with van der Waals surface area (Å²) in [4.78, 5) is 32.3. The molecule has 44 heavy (non-hydrogen) atoms. The lowest BCUT2D eigenvalue weighted by atomic mass is 9.85. The second-order valence-electron chi connectivity index (χ2n) is 10.8. The molecular formula is C36H34N4O4. The number of urea groups is 1. The zero-order valence-corrected chi connectivity index (χ0v) is 24.9. The van der Waals surface area contributed by atoms with E-state index in [4.69, 9.17) is 4.74 Å². The van der Waals surface area contributed by atoms with Gasteiger partial charge in [-0.3, -0.25) is 9.69 Å². The maximum absolute atomic E-state index is 14.1. The SMILES string of the molecule is COc1cccc(C(c2[nH]c3ccccc3c2CCNC(=O)N(C)c2ccccc2)c2c(O)c3ccccc3n(C)c2=O)c1. The molecule has 0 spiro atoms. The molecule has 222 valence electrons. The summed E-state index contributed by atoms with van der Waals surface area (Å²) in [5.74, 6) is -0.0732. The molecule has 0 saturated heterocycles. The monoisotopic (exact) mass is 586 g/mol. The number of aromatic hydroxyl groups is 1. The second kappa shape index (κ2) is 12.0. The van der Waals surface area contributed by atoms with E-state index in [0.717, 1.165) is 33.4 Å². The molecule has 0 radical (unpaired) electrons. The van der Waals surface area contributed by atoms with E-state index in [1.54, 1.807) is 30.7 Å². The van der Waals surface area contributed by atoms with Gasteiger partial charge in [0.2, 0.25) is 0 Å². The molecule has 8 nitrogen and oxygen atoms in total. The largest absolute Gasteiger partial charge is 0.507 e. The third kappa shape index (κ3) is 5.15. The second-order valence-corrected chi connectivity index (χ2v) is 10.8. The summed E-state index contributed by atoms with van der Waals surface area (Å²) in [6, 6.07) is 32.1. The van der Waals surface area contributed by atoms with E-state index >= 15 is 0 Å². The van der Waals surface area contributed by atoms with Crippen LogP contribution in [0.4, 0.5) is 10.5 Å². The molecule has 1 unspecified atom stereocenters. The van der Waals surface area contributed by atoms with E-state index in [0.29, 0.717) is 29.6 Å². The van der Waals surface area contributed by atoms with Gasteiger partial charge in [-0.1, -0.05) is 60.7 Å². The van der Waals surface area contributed by atoms with Gasteiger partial charge in [0.05, 0.1) is 24.1 Å². The number of carbonyl (C=O) groups excluding carboxylic acids is 1. The number of aryl methyl sites for hydroxylation is 1. The Morgan fingerprint density at radius 3 is 2.43 bits per heavy atom. The third-order valence-corrected chi connectivity index (χ3v) is 8.26. The molecule has 0 aliphatic rings. The van der Waals surface area contributed by atoms with Crippen LogP contribution < -0.4 is 20.5 Å². The summed E-state index contributed by atoms with van der Waals surface area (Å²) >= 11 is 0. The standard InChI is InChI=1S/C36H34N4O4/c1-39(24-13-5-4-6-14-24)36(43)37-21-20-27-26-16-7-9-18-29(26)38-33(27)31(23-12-11-15-25(22-23)44-3)32-34(41)28-17-8-10-19-30(28)40(2)35(32)42/h4-19,22,31,38,41H,20-21H2,1-3H3,(H,37,43). The number of ether oxygens (including phenoxy) is 1. The van der Waals surface area contributed by atoms with Crippen LogP contribution in [0.1, 0.15) is 28.3 Å². The zero-order chi connectivity index (χ0) is 30.8. The van der Waals surface area contributed by atoms with Crippen molar-refractivity contribution in [3.05, 3.63) is 136 Å². The number of rotatable bonds is 8. The van der Waals surface area contributed by atoms with E-state index in [1.165, 1.54) is 0 Å². The molecule has 2 heterocycles. The number of methoxy groups -OCH3 is 1. The lowest BCUT2D eigenvalue weighted by molar-refractivity contribution is 0.247. The molecule has 0 fully saturated rings. The van der Waals surface area contributed by atoms with Gasteiger partial charge in [0.25, 0.3) is 5.56 Å². The molecule has 0 saturated carbocycles. The quantitative estimate of drug-likeness (QED) is 0.195. The summed E-state index contributed by atoms with van der Waals surface area (Å²) in [6.45, 7) is 0.359. The van der Waals surface area contributed by atoms with E-state index < -0.39 is 5.92 Å². The van der Waals surface area contributed by atoms with E-state index in [9.17, 15) is 14.7 Å². The van der Waals surface area contributed by atoms with Gasteiger partial charge in [0, 0.05) is 48.3 Å². The number of H-pyrrole nitrogens is 1. The van der Waals surface area contributed by atoms with Crippen molar-refractivity contribution in [2.45, 2.75) is 12.3 Å². The zero-order valence-electron chi connectivity index (χ0n) is 24.9. The topological polar surface area (TPSA) is 99.6 Å². The molecule has 3 N–H and O–H groups in total. The number of amides is 2. The Labute approximate surface area is 255 Å². The molecule has 0 bridgehead atoms. The molecule has 2 amide bonds. The fourth-order valence-corrected chi connectivity index (χ4v) is 5.98. The van der Waals surface area contributed by atoms with Gasteiger partial charge in [-0.05, 0) is 60.0 Å². The number of aromatic nitrogens is 2. The van der Waals surface area contributed by atoms with E-state index in [2.05, 4.69) is 10.3 Å². The fraction of sp³-hybridized carbons (Fsp3) is 0.167. The predicted octanol–water partition coefficient (Wildman–Crippen LogP) is 6.30. The van der Waals surface area contributed by atoms with Gasteiger partial charge in [0.1, 0.15) is 11.5 Å². The molecular weight excluding hydrogens is 552 g/mol. The maximum atomic E-state index is 14.1. The number of fused-ring (bicyclic) bond motifs is 2. The molecule has 6 aromatic rings. The highest BCUT2D eigenvalue weighted by Crippen LogP contribution is 2.41. The lowest BCUT2D eigenvalue weighted by Gasteiger charge is -2.22. The maximum Gasteiger partial charge on any atom is 0.321 e. The van der Waals surface area contributed by atoms with Gasteiger partial charge in [-0.2, -0.15) is 0 Å². The molecule has 0 aliphatic heterocycles. The van der Waals surface area contributed by atoms with Crippen LogP contribution in [0.25, 0.3) is 21.8 Å². The fourth-order valence-electron chi connectivity index (χ4n) is 5.98. The highest BCUT2D eigenvalue weighted by Gasteiger charge is 2.30. The minimum atomic E-state index is -0.654. The Balaban J connectivity index is 1.48. The first-order valence-electron chi connectivity index (χ1n) is 14.5. The van der Waals surface area contributed by atoms with Crippen LogP contribution in [0.3, 0.4) is 0 Å². The summed E-state index contributed by atoms with van der Waals surface area (Å²) in [5, 5.41) is 16.4. The highest BCUT2D eigenvalue weighted by molar-refractivity contribution is 5.92. The van der Waals surface area contributed by atoms with Crippen LogP contribution >= 0.6 is 0 Å². The number of hydrogen-bond donors (Lipinski definition) is 3. The summed E-state index contributed by atoms with van der Waals surface area (Å²) in [7, 11) is 5.06. The molecule has 4 aromatic carbocycles. The Bertz CT molecular complexity index is 2030. The molecule has 8 heteroatoms. The number of para-hydroxylation sites is 3. The van der Waals surface area contributed by atoms with Crippen molar-refractivity contribution < 1.29 is 14.6 Å². The van der Waals surface area contributed by atoms with Gasteiger partial charge < -0.3 is 24.7 Å². The van der Waals surface area contributed by atoms with E-state index in [1.807, 2.05) is 103 Å². The van der Waals surface area contributed by atoms with Crippen LogP contribution in [0.15, 0.2) is 108 Å². The van der Waals surface area contributed by atoms with Crippen molar-refractivity contribution in [3.63, 3.8) is 0 Å². The minimum absolute atomic E-state index is 0.0566. The molecule has 2 aromatic heterocycles. The Morgan fingerprint density at radius 2 is 1.66 bits per heavy atom. The molecule has 6 rings (SSSR count). The average Bonchev–Trinajstić information content (AvgIpc) is 3.43. The number of benzene rings is 4. The van der Waals surface area contributed by atoms with Crippen LogP contribution in [0, 0.1) is 0 Å². The van der Waals surface area contributed by atoms with Crippen molar-refractivity contribution in [2.24, 2.45) is 7.05 Å². The number of aromatic amines is 1. The Morgan fingerprint density at radius 1 is 0.955 bits per heavy atom. The molecule has 0 aliphatic carbocycles. The first-order chi connectivity index (χ1) is 21.4. The van der Waals surface area contributed by atoms with Crippen molar-refractivity contribution in [1.29, 1.82) is 0 Å². The summed E-state index contributed by atoms with van der Waals surface area (Å²) in [5.41, 5.74) is 4.81.